The minimum absolute atomic E-state index is 0.0166. The number of fused-ring (bicyclic) bond motifs is 4. The Morgan fingerprint density at radius 3 is 1.73 bits per heavy atom. The normalized spacial score (nSPS) is 25.1. The van der Waals surface area contributed by atoms with Crippen LogP contribution in [0.3, 0.4) is 0 Å². The predicted molar refractivity (Wildman–Crippen MR) is 490 cm³/mol. The van der Waals surface area contributed by atoms with Gasteiger partial charge in [0.25, 0.3) is 0 Å². The maximum absolute atomic E-state index is 15.7. The van der Waals surface area contributed by atoms with E-state index in [0.717, 1.165) is 36.3 Å². The van der Waals surface area contributed by atoms with Crippen molar-refractivity contribution in [1.29, 1.82) is 5.41 Å². The molecule has 45 heteroatoms. The van der Waals surface area contributed by atoms with E-state index >= 15 is 33.6 Å². The highest BCUT2D eigenvalue weighted by molar-refractivity contribution is 8.00. The summed E-state index contributed by atoms with van der Waals surface area (Å²) in [5.41, 5.74) is 25.5. The number of primary amides is 2. The van der Waals surface area contributed by atoms with Crippen LogP contribution in [0.4, 0.5) is 0 Å². The van der Waals surface area contributed by atoms with E-state index < -0.39 is 248 Å². The van der Waals surface area contributed by atoms with Gasteiger partial charge in [-0.1, -0.05) is 82.1 Å². The van der Waals surface area contributed by atoms with Crippen LogP contribution in [0.1, 0.15) is 115 Å². The van der Waals surface area contributed by atoms with Gasteiger partial charge in [-0.3, -0.25) is 86.9 Å². The van der Waals surface area contributed by atoms with E-state index in [1.807, 2.05) is 6.92 Å². The summed E-state index contributed by atoms with van der Waals surface area (Å²) < 4.78 is 0. The average Bonchev–Trinajstić information content (AvgIpc) is 1.22. The van der Waals surface area contributed by atoms with Crippen LogP contribution in [0.2, 0.25) is 0 Å². The van der Waals surface area contributed by atoms with Crippen molar-refractivity contribution in [3.05, 3.63) is 102 Å². The van der Waals surface area contributed by atoms with E-state index in [2.05, 4.69) is 68.5 Å². The molecule has 0 spiro atoms. The molecule has 2 unspecified atom stereocenters. The van der Waals surface area contributed by atoms with Crippen molar-refractivity contribution in [2.75, 3.05) is 84.0 Å². The molecule has 3 saturated heterocycles. The number of rotatable bonds is 25. The standard InChI is InChI=1S/C87H125N23O20S2/c1-9-10-22-66-79(123)98-57(21-15-29-93-87(91)92)75(119)105-65(74(118)96-41-71(90)115)44-132-45-72(116)97-60(33-48-24-26-51(112)27-25-48)82(126)106(5)47(4)73(117)100-62(37-70(89)114)84(128)109-30-16-23-67(109)80(124)103-63(38-88)77(121)101-59(32-46(2)3)85(129)110-42-52(113)36-69(110)81(125)99-58(34-49-39-94-55-19-13-11-17-53(49)55)76(120)104-64(43-111)78(122)102-61(35-50-40-95-56-20-14-12-18-54(50)56)83(127)108(7)68(28-31-131-8)86(130)107(66)6/h11-14,17-20,24-27,39-40,46-47,52,57-69,94-95,111-113H,9-10,15-16,21-23,28-38,41-45,88H2,1-8H3,(H2,89,114)(H2,90,115)(H,96,118)(H,97,116)(H,98,123)(H,99,125)(H,100,117)(H,101,121)(H,102,122)(H,103,124)(H,104,120)(H,105,119)(H4,91,92,93)/t47-,52+,57-,58-,59-,60-,61-,62-,63-,64-,65?,66-,67-,68-,69?/m0/s1. The number of aliphatic hydroxyl groups excluding tert-OH is 2. The number of phenols is 1. The zero-order valence-corrected chi connectivity index (χ0v) is 76.9. The smallest absolute Gasteiger partial charge is 0.246 e. The number of nitrogens with zero attached hydrogens (tertiary/aromatic N) is 5. The number of amides is 17. The van der Waals surface area contributed by atoms with Crippen molar-refractivity contribution in [2.45, 2.75) is 208 Å². The van der Waals surface area contributed by atoms with Gasteiger partial charge < -0.3 is 131 Å². The molecule has 25 N–H and O–H groups in total. The lowest BCUT2D eigenvalue weighted by Gasteiger charge is -2.36. The molecule has 0 aliphatic carbocycles. The van der Waals surface area contributed by atoms with Crippen LogP contribution >= 0.6 is 23.5 Å². The fourth-order valence-electron chi connectivity index (χ4n) is 16.0. The topological polar surface area (TPSA) is 659 Å². The summed E-state index contributed by atoms with van der Waals surface area (Å²) >= 11 is 2.08. The first kappa shape index (κ1) is 105. The Kier molecular flexibility index (Phi) is 39.8. The maximum Gasteiger partial charge on any atom is 0.246 e. The van der Waals surface area contributed by atoms with E-state index in [0.29, 0.717) is 51.3 Å². The number of aromatic hydroxyl groups is 1. The molecule has 5 heterocycles. The van der Waals surface area contributed by atoms with Gasteiger partial charge in [0.05, 0.1) is 31.4 Å². The molecule has 3 aromatic carbocycles. The second-order valence-corrected chi connectivity index (χ2v) is 35.6. The number of aromatic nitrogens is 2. The monoisotopic (exact) mass is 1880 g/mol. The van der Waals surface area contributed by atoms with E-state index in [1.165, 1.54) is 64.1 Å². The highest BCUT2D eigenvalue weighted by Crippen LogP contribution is 2.28. The number of hydrogen-bond acceptors (Lipinski definition) is 24. The van der Waals surface area contributed by atoms with Gasteiger partial charge >= 0.3 is 0 Å². The number of thioether (sulfide) groups is 2. The number of nitrogens with one attached hydrogen (secondary N) is 14. The number of phenolic OH excluding ortho intramolecular Hbond substituents is 1. The fraction of sp³-hybridized carbons (Fsp3) is 0.540. The van der Waals surface area contributed by atoms with Gasteiger partial charge in [0.15, 0.2) is 5.96 Å². The molecule has 0 saturated carbocycles. The highest BCUT2D eigenvalue weighted by atomic mass is 32.2. The van der Waals surface area contributed by atoms with Gasteiger partial charge in [0, 0.05) is 113 Å². The Morgan fingerprint density at radius 1 is 0.576 bits per heavy atom. The lowest BCUT2D eigenvalue weighted by Crippen LogP contribution is -2.62. The van der Waals surface area contributed by atoms with Crippen molar-refractivity contribution < 1.29 is 96.8 Å². The van der Waals surface area contributed by atoms with Crippen molar-refractivity contribution in [3.63, 3.8) is 0 Å². The third-order valence-electron chi connectivity index (χ3n) is 23.3. The number of unbranched alkanes of at least 4 members (excludes halogenated alkanes) is 1. The zero-order chi connectivity index (χ0) is 96.9. The van der Waals surface area contributed by atoms with E-state index in [9.17, 15) is 63.3 Å². The van der Waals surface area contributed by atoms with E-state index in [4.69, 9.17) is 28.3 Å². The molecule has 2 aromatic heterocycles. The third-order valence-corrected chi connectivity index (χ3v) is 25.0. The first-order valence-corrected chi connectivity index (χ1v) is 46.3. The van der Waals surface area contributed by atoms with Crippen LogP contribution in [0, 0.1) is 11.3 Å². The van der Waals surface area contributed by atoms with Crippen molar-refractivity contribution in [1.82, 2.24) is 93.0 Å². The minimum atomic E-state index is -1.89. The second-order valence-electron chi connectivity index (χ2n) is 33.6. The van der Waals surface area contributed by atoms with Crippen LogP contribution in [-0.4, -0.2) is 331 Å². The Balaban J connectivity index is 1.19. The summed E-state index contributed by atoms with van der Waals surface area (Å²) in [6, 6.07) is -2.37. The number of aliphatic hydroxyl groups is 2. The number of likely N-dealkylation sites (N-methyl/N-ethyl adjacent to an activating group) is 3. The number of carbonyl (C=O) groups excluding carboxylic acids is 17. The number of hydrogen-bond donors (Lipinski definition) is 21. The Labute approximate surface area is 771 Å². The molecular formula is C87H125N23O20S2. The molecule has 5 aromatic rings. The number of guanidine groups is 1. The van der Waals surface area contributed by atoms with Crippen molar-refractivity contribution in [2.24, 2.45) is 28.9 Å². The lowest BCUT2D eigenvalue weighted by molar-refractivity contribution is -0.149. The quantitative estimate of drug-likeness (QED) is 0.0149. The molecule has 15 atom stereocenters. The number of para-hydroxylation sites is 2. The largest absolute Gasteiger partial charge is 0.508 e. The molecule has 3 fully saturated rings. The Hall–Kier alpha value is -12.6. The van der Waals surface area contributed by atoms with Crippen molar-refractivity contribution >= 4 is 152 Å². The first-order chi connectivity index (χ1) is 62.8. The molecule has 0 bridgehead atoms. The maximum atomic E-state index is 15.7. The molecular weight excluding hydrogens is 1750 g/mol. The summed E-state index contributed by atoms with van der Waals surface area (Å²) in [5, 5.41) is 70.5. The molecule has 132 heavy (non-hydrogen) atoms. The minimum Gasteiger partial charge on any atom is -0.508 e. The molecule has 3 aliphatic rings. The summed E-state index contributed by atoms with van der Waals surface area (Å²) in [6.45, 7) is 3.53. The molecule has 17 amide bonds. The van der Waals surface area contributed by atoms with Gasteiger partial charge in [-0.05, 0) is 111 Å². The number of nitrogens with two attached hydrogens (primary N) is 4. The van der Waals surface area contributed by atoms with Crippen molar-refractivity contribution in [3.8, 4) is 5.75 Å². The molecule has 3 aliphatic heterocycles. The van der Waals surface area contributed by atoms with Gasteiger partial charge in [-0.15, -0.1) is 11.8 Å². The summed E-state index contributed by atoms with van der Waals surface area (Å²) in [7, 11) is 3.87. The van der Waals surface area contributed by atoms with Crippen LogP contribution in [0.15, 0.2) is 85.2 Å². The Morgan fingerprint density at radius 2 is 1.12 bits per heavy atom. The molecule has 43 nitrogen and oxygen atoms in total. The fourth-order valence-corrected chi connectivity index (χ4v) is 17.3. The third kappa shape index (κ3) is 29.2. The number of carbonyl (C=O) groups is 17. The number of benzene rings is 3. The van der Waals surface area contributed by atoms with E-state index in [1.54, 1.807) is 81.0 Å². The van der Waals surface area contributed by atoms with Gasteiger partial charge in [-0.2, -0.15) is 11.8 Å². The summed E-state index contributed by atoms with van der Waals surface area (Å²) in [6.07, 6.45) is 2.14. The second kappa shape index (κ2) is 50.1. The summed E-state index contributed by atoms with van der Waals surface area (Å²) in [5.74, 6) is -18.0. The van der Waals surface area contributed by atoms with Crippen LogP contribution in [0.5, 0.6) is 5.75 Å². The van der Waals surface area contributed by atoms with E-state index in [-0.39, 0.29) is 94.7 Å². The van der Waals surface area contributed by atoms with Crippen LogP contribution < -0.4 is 81.4 Å². The van der Waals surface area contributed by atoms with Gasteiger partial charge in [0.1, 0.15) is 90.3 Å². The van der Waals surface area contributed by atoms with Crippen LogP contribution in [0.25, 0.3) is 21.8 Å². The number of H-pyrrole nitrogens is 2. The molecule has 8 rings (SSSR count). The van der Waals surface area contributed by atoms with Gasteiger partial charge in [-0.25, -0.2) is 0 Å². The molecule has 0 radical (unpaired) electrons. The lowest BCUT2D eigenvalue weighted by atomic mass is 10.0. The predicted octanol–water partition coefficient (Wildman–Crippen LogP) is -4.37. The zero-order valence-electron chi connectivity index (χ0n) is 75.2. The Bertz CT molecular complexity index is 4960. The molecule has 720 valence electrons. The number of aromatic amines is 2. The summed E-state index contributed by atoms with van der Waals surface area (Å²) in [4.78, 5) is 260. The average molecular weight is 1880 g/mol. The first-order valence-electron chi connectivity index (χ1n) is 43.8. The van der Waals surface area contributed by atoms with Gasteiger partial charge in [0.2, 0.25) is 100 Å². The van der Waals surface area contributed by atoms with Crippen LogP contribution in [-0.2, 0) is 101 Å². The SMILES string of the molecule is CCCC[C@H]1C(=O)N[C@@H](CCCNC(=N)N)C(=O)NC(C(=O)NCC(N)=O)CSCC(=O)N[C@@H](Cc2ccc(O)cc2)C(=O)N(C)[C@@H](C)C(=O)N[C@@H](CC(N)=O)C(=O)N2CCC[C@H]2C(=O)N[C@@H](CN)C(=O)N[C@@H](CC(C)C)C(=O)N2C[C@H](O)CC2C(=O)N[C@@H](Cc2c[nH]c3ccccc23)C(=O)N[C@@H](CO)C(=O)N[C@@H](Cc2c[nH]c3ccccc23)C(=O)N(C)[C@@H](CCSC)C(=O)N1C. The highest BCUT2D eigenvalue weighted by Gasteiger charge is 2.47.